The summed E-state index contributed by atoms with van der Waals surface area (Å²) in [4.78, 5) is 26.0. The summed E-state index contributed by atoms with van der Waals surface area (Å²) < 4.78 is 5.02. The van der Waals surface area contributed by atoms with E-state index in [9.17, 15) is 9.59 Å². The Hall–Kier alpha value is -1.30. The molecule has 1 aromatic rings. The van der Waals surface area contributed by atoms with E-state index in [0.29, 0.717) is 35.2 Å². The zero-order chi connectivity index (χ0) is 15.4. The number of carbonyl (C=O) groups is 2. The van der Waals surface area contributed by atoms with Crippen molar-refractivity contribution in [3.05, 3.63) is 33.8 Å². The van der Waals surface area contributed by atoms with E-state index in [2.05, 4.69) is 5.32 Å². The monoisotopic (exact) mass is 330 g/mol. The molecular formula is C14H16Cl2N2O3. The first kappa shape index (κ1) is 16.1. The van der Waals surface area contributed by atoms with Gasteiger partial charge in [-0.15, -0.1) is 0 Å². The number of carbonyl (C=O) groups excluding carboxylic acids is 2. The zero-order valence-corrected chi connectivity index (χ0v) is 13.1. The average Bonchev–Trinajstić information content (AvgIpc) is 2.49. The van der Waals surface area contributed by atoms with E-state index in [4.69, 9.17) is 27.9 Å². The third kappa shape index (κ3) is 3.67. The molecule has 2 rings (SSSR count). The van der Waals surface area contributed by atoms with Gasteiger partial charge in [-0.25, -0.2) is 4.79 Å². The number of ether oxygens (including phenoxy) is 1. The highest BCUT2D eigenvalue weighted by Gasteiger charge is 2.33. The van der Waals surface area contributed by atoms with Gasteiger partial charge >= 0.3 is 5.97 Å². The summed E-state index contributed by atoms with van der Waals surface area (Å²) in [5, 5.41) is 3.78. The highest BCUT2D eigenvalue weighted by molar-refractivity contribution is 6.42. The van der Waals surface area contributed by atoms with Gasteiger partial charge in [0, 0.05) is 25.2 Å². The van der Waals surface area contributed by atoms with Crippen LogP contribution in [0.25, 0.3) is 0 Å². The van der Waals surface area contributed by atoms with Crippen molar-refractivity contribution >= 4 is 35.1 Å². The van der Waals surface area contributed by atoms with E-state index >= 15 is 0 Å². The molecule has 0 radical (unpaired) electrons. The maximum atomic E-state index is 12.6. The van der Waals surface area contributed by atoms with E-state index < -0.39 is 12.0 Å². The average molecular weight is 331 g/mol. The molecule has 0 aromatic heterocycles. The molecule has 0 saturated carbocycles. The first-order valence-corrected chi connectivity index (χ1v) is 7.43. The maximum absolute atomic E-state index is 12.6. The topological polar surface area (TPSA) is 58.6 Å². The first-order valence-electron chi connectivity index (χ1n) is 6.68. The Labute approximate surface area is 133 Å². The summed E-state index contributed by atoms with van der Waals surface area (Å²) in [5.74, 6) is -0.661. The van der Waals surface area contributed by atoms with Crippen LogP contribution in [0.15, 0.2) is 18.2 Å². The molecule has 1 heterocycles. The summed E-state index contributed by atoms with van der Waals surface area (Å²) in [7, 11) is 0. The smallest absolute Gasteiger partial charge is 0.330 e. The lowest BCUT2D eigenvalue weighted by atomic mass is 10.1. The minimum absolute atomic E-state index is 0.256. The van der Waals surface area contributed by atoms with E-state index in [0.717, 1.165) is 0 Å². The molecule has 114 valence electrons. The van der Waals surface area contributed by atoms with Gasteiger partial charge in [-0.05, 0) is 25.1 Å². The third-order valence-corrected chi connectivity index (χ3v) is 3.97. The minimum atomic E-state index is -0.624. The Bertz CT molecular complexity index is 551. The van der Waals surface area contributed by atoms with Crippen molar-refractivity contribution in [2.75, 3.05) is 26.2 Å². The predicted molar refractivity (Wildman–Crippen MR) is 80.8 cm³/mol. The van der Waals surface area contributed by atoms with Crippen LogP contribution in [0.1, 0.15) is 17.3 Å². The van der Waals surface area contributed by atoms with Gasteiger partial charge in [0.1, 0.15) is 6.04 Å². The van der Waals surface area contributed by atoms with E-state index in [-0.39, 0.29) is 12.5 Å². The summed E-state index contributed by atoms with van der Waals surface area (Å²) in [6.07, 6.45) is 0. The summed E-state index contributed by atoms with van der Waals surface area (Å²) in [5.41, 5.74) is 0.403. The fraction of sp³-hybridized carbons (Fsp3) is 0.429. The largest absolute Gasteiger partial charge is 0.464 e. The third-order valence-electron chi connectivity index (χ3n) is 3.23. The number of piperazine rings is 1. The Kier molecular flexibility index (Phi) is 5.45. The maximum Gasteiger partial charge on any atom is 0.330 e. The van der Waals surface area contributed by atoms with Crippen LogP contribution in [0.3, 0.4) is 0 Å². The lowest BCUT2D eigenvalue weighted by Gasteiger charge is -2.34. The number of amides is 1. The first-order chi connectivity index (χ1) is 10.0. The molecule has 21 heavy (non-hydrogen) atoms. The van der Waals surface area contributed by atoms with E-state index in [1.807, 2.05) is 0 Å². The summed E-state index contributed by atoms with van der Waals surface area (Å²) in [6.45, 7) is 3.46. The molecule has 0 aliphatic carbocycles. The quantitative estimate of drug-likeness (QED) is 0.861. The number of halogens is 2. The lowest BCUT2D eigenvalue weighted by Crippen LogP contribution is -2.57. The van der Waals surface area contributed by atoms with Crippen molar-refractivity contribution in [2.45, 2.75) is 13.0 Å². The summed E-state index contributed by atoms with van der Waals surface area (Å²) >= 11 is 11.8. The van der Waals surface area contributed by atoms with Gasteiger partial charge in [0.05, 0.1) is 16.7 Å². The van der Waals surface area contributed by atoms with Crippen molar-refractivity contribution in [3.63, 3.8) is 0 Å². The standard InChI is InChI=1S/C14H16Cl2N2O3/c1-2-21-14(20)12-8-17-5-6-18(12)13(19)9-3-4-10(15)11(16)7-9/h3-4,7,12,17H,2,5-6,8H2,1H3. The Balaban J connectivity index is 2.21. The van der Waals surface area contributed by atoms with Gasteiger partial charge in [0.2, 0.25) is 0 Å². The molecule has 1 amide bonds. The molecule has 1 N–H and O–H groups in total. The molecule has 1 aliphatic rings. The molecule has 1 aliphatic heterocycles. The second kappa shape index (κ2) is 7.11. The van der Waals surface area contributed by atoms with Crippen LogP contribution in [0.4, 0.5) is 0 Å². The van der Waals surface area contributed by atoms with Gasteiger partial charge < -0.3 is 15.0 Å². The molecule has 0 bridgehead atoms. The molecule has 0 spiro atoms. The molecule has 1 aromatic carbocycles. The van der Waals surface area contributed by atoms with Crippen LogP contribution in [0.5, 0.6) is 0 Å². The zero-order valence-electron chi connectivity index (χ0n) is 11.6. The minimum Gasteiger partial charge on any atom is -0.464 e. The predicted octanol–water partition coefficient (Wildman–Crippen LogP) is 1.97. The van der Waals surface area contributed by atoms with Crippen molar-refractivity contribution in [2.24, 2.45) is 0 Å². The van der Waals surface area contributed by atoms with Gasteiger partial charge in [-0.3, -0.25) is 4.79 Å². The fourth-order valence-corrected chi connectivity index (χ4v) is 2.49. The number of hydrogen-bond acceptors (Lipinski definition) is 4. The van der Waals surface area contributed by atoms with Crippen LogP contribution in [0, 0.1) is 0 Å². The van der Waals surface area contributed by atoms with Crippen LogP contribution < -0.4 is 5.32 Å². The molecular weight excluding hydrogens is 315 g/mol. The Morgan fingerprint density at radius 1 is 1.38 bits per heavy atom. The molecule has 1 unspecified atom stereocenters. The second-order valence-electron chi connectivity index (χ2n) is 4.60. The lowest BCUT2D eigenvalue weighted by molar-refractivity contribution is -0.149. The Morgan fingerprint density at radius 3 is 2.81 bits per heavy atom. The Morgan fingerprint density at radius 2 is 2.14 bits per heavy atom. The second-order valence-corrected chi connectivity index (χ2v) is 5.41. The van der Waals surface area contributed by atoms with Crippen LogP contribution in [-0.4, -0.2) is 49.1 Å². The van der Waals surface area contributed by atoms with Gasteiger partial charge in [0.25, 0.3) is 5.91 Å². The number of nitrogens with one attached hydrogen (secondary N) is 1. The van der Waals surface area contributed by atoms with Gasteiger partial charge in [-0.1, -0.05) is 23.2 Å². The van der Waals surface area contributed by atoms with E-state index in [1.165, 1.54) is 11.0 Å². The van der Waals surface area contributed by atoms with Crippen LogP contribution in [0.2, 0.25) is 10.0 Å². The SMILES string of the molecule is CCOC(=O)C1CNCCN1C(=O)c1ccc(Cl)c(Cl)c1. The van der Waals surface area contributed by atoms with Gasteiger partial charge in [0.15, 0.2) is 0 Å². The number of benzene rings is 1. The summed E-state index contributed by atoms with van der Waals surface area (Å²) in [6, 6.07) is 4.05. The van der Waals surface area contributed by atoms with Crippen molar-refractivity contribution < 1.29 is 14.3 Å². The fourth-order valence-electron chi connectivity index (χ4n) is 2.19. The highest BCUT2D eigenvalue weighted by atomic mass is 35.5. The molecule has 1 fully saturated rings. The van der Waals surface area contributed by atoms with Crippen molar-refractivity contribution in [1.82, 2.24) is 10.2 Å². The number of hydrogen-bond donors (Lipinski definition) is 1. The molecule has 1 atom stereocenters. The van der Waals surface area contributed by atoms with Crippen LogP contribution in [-0.2, 0) is 9.53 Å². The van der Waals surface area contributed by atoms with Crippen molar-refractivity contribution in [1.29, 1.82) is 0 Å². The number of rotatable bonds is 3. The van der Waals surface area contributed by atoms with Crippen molar-refractivity contribution in [3.8, 4) is 0 Å². The molecule has 1 saturated heterocycles. The number of nitrogens with zero attached hydrogens (tertiary/aromatic N) is 1. The van der Waals surface area contributed by atoms with Crippen LogP contribution >= 0.6 is 23.2 Å². The van der Waals surface area contributed by atoms with Gasteiger partial charge in [-0.2, -0.15) is 0 Å². The number of esters is 1. The normalized spacial score (nSPS) is 18.4. The van der Waals surface area contributed by atoms with E-state index in [1.54, 1.807) is 19.1 Å². The highest BCUT2D eigenvalue weighted by Crippen LogP contribution is 2.24. The molecule has 5 nitrogen and oxygen atoms in total. The molecule has 7 heteroatoms.